The molecule has 0 saturated heterocycles. The molecule has 2 aromatic heterocycles. The van der Waals surface area contributed by atoms with Crippen molar-refractivity contribution in [2.24, 2.45) is 0 Å². The van der Waals surface area contributed by atoms with Crippen molar-refractivity contribution in [1.29, 1.82) is 0 Å². The molecule has 0 spiro atoms. The molecule has 0 amide bonds. The van der Waals surface area contributed by atoms with Crippen LogP contribution in [0.15, 0.2) is 67.0 Å². The van der Waals surface area contributed by atoms with Gasteiger partial charge in [0.25, 0.3) is 0 Å². The highest BCUT2D eigenvalue weighted by Crippen LogP contribution is 2.32. The molecule has 2 heterocycles. The second kappa shape index (κ2) is 7.11. The summed E-state index contributed by atoms with van der Waals surface area (Å²) in [5.41, 5.74) is 2.47. The van der Waals surface area contributed by atoms with Crippen molar-refractivity contribution in [3.05, 3.63) is 83.4 Å². The molecule has 3 aromatic rings. The van der Waals surface area contributed by atoms with E-state index in [1.165, 1.54) is 0 Å². The molecule has 0 aliphatic rings. The average molecular weight is 326 g/mol. The summed E-state index contributed by atoms with van der Waals surface area (Å²) < 4.78 is 0. The Balaban J connectivity index is 1.94. The fraction of sp³-hybridized carbons (Fsp3) is 0.111. The average Bonchev–Trinajstić information content (AvgIpc) is 2.58. The number of rotatable bonds is 5. The molecule has 4 nitrogen and oxygen atoms in total. The minimum absolute atomic E-state index is 0.182. The summed E-state index contributed by atoms with van der Waals surface area (Å²) in [5, 5.41) is 10.8. The van der Waals surface area contributed by atoms with Crippen LogP contribution in [0.2, 0.25) is 5.02 Å². The fourth-order valence-electron chi connectivity index (χ4n) is 2.35. The van der Waals surface area contributed by atoms with Gasteiger partial charge in [-0.15, -0.1) is 0 Å². The molecule has 0 unspecified atom stereocenters. The van der Waals surface area contributed by atoms with Gasteiger partial charge in [0.05, 0.1) is 30.2 Å². The number of pyridine rings is 2. The number of nitrogens with zero attached hydrogens (tertiary/aromatic N) is 3. The van der Waals surface area contributed by atoms with Crippen LogP contribution in [0, 0.1) is 0 Å². The summed E-state index contributed by atoms with van der Waals surface area (Å²) in [6.45, 7) is 1.09. The quantitative estimate of drug-likeness (QED) is 0.769. The van der Waals surface area contributed by atoms with Crippen LogP contribution in [-0.2, 0) is 13.1 Å². The molecule has 116 valence electrons. The number of phenols is 1. The van der Waals surface area contributed by atoms with Crippen LogP contribution in [-0.4, -0.2) is 15.1 Å². The number of anilines is 1. The van der Waals surface area contributed by atoms with E-state index in [-0.39, 0.29) is 5.75 Å². The van der Waals surface area contributed by atoms with Gasteiger partial charge in [0.15, 0.2) is 0 Å². The highest BCUT2D eigenvalue weighted by Gasteiger charge is 2.14. The van der Waals surface area contributed by atoms with Gasteiger partial charge in [-0.2, -0.15) is 0 Å². The van der Waals surface area contributed by atoms with Gasteiger partial charge in [0.2, 0.25) is 0 Å². The van der Waals surface area contributed by atoms with Gasteiger partial charge >= 0.3 is 0 Å². The highest BCUT2D eigenvalue weighted by molar-refractivity contribution is 6.30. The molecule has 1 N–H and O–H groups in total. The summed E-state index contributed by atoms with van der Waals surface area (Å²) >= 11 is 6.10. The SMILES string of the molecule is Oc1ccc(Cl)cc1N(Cc1ccccn1)Cc1ccccn1. The molecule has 0 aliphatic carbocycles. The highest BCUT2D eigenvalue weighted by atomic mass is 35.5. The Kier molecular flexibility index (Phi) is 4.74. The number of phenolic OH excluding ortho intramolecular Hbond substituents is 1. The predicted molar refractivity (Wildman–Crippen MR) is 91.5 cm³/mol. The van der Waals surface area contributed by atoms with E-state index in [0.29, 0.717) is 23.8 Å². The van der Waals surface area contributed by atoms with Crippen molar-refractivity contribution >= 4 is 17.3 Å². The lowest BCUT2D eigenvalue weighted by atomic mass is 10.2. The normalized spacial score (nSPS) is 10.5. The Morgan fingerprint density at radius 3 is 2.00 bits per heavy atom. The minimum Gasteiger partial charge on any atom is -0.506 e. The first kappa shape index (κ1) is 15.3. The molecular formula is C18H16ClN3O. The van der Waals surface area contributed by atoms with Crippen LogP contribution in [0.5, 0.6) is 5.75 Å². The lowest BCUT2D eigenvalue weighted by molar-refractivity contribution is 0.473. The van der Waals surface area contributed by atoms with Crippen molar-refractivity contribution in [2.45, 2.75) is 13.1 Å². The minimum atomic E-state index is 0.182. The lowest BCUT2D eigenvalue weighted by Gasteiger charge is -2.25. The van der Waals surface area contributed by atoms with Crippen molar-refractivity contribution in [1.82, 2.24) is 9.97 Å². The molecule has 0 aliphatic heterocycles. The Bertz CT molecular complexity index is 724. The van der Waals surface area contributed by atoms with Crippen LogP contribution < -0.4 is 4.90 Å². The van der Waals surface area contributed by atoms with E-state index in [4.69, 9.17) is 11.6 Å². The van der Waals surface area contributed by atoms with Crippen LogP contribution >= 0.6 is 11.6 Å². The van der Waals surface area contributed by atoms with E-state index in [9.17, 15) is 5.11 Å². The predicted octanol–water partition coefficient (Wildman–Crippen LogP) is 4.04. The molecule has 5 heteroatoms. The third-order valence-electron chi connectivity index (χ3n) is 3.44. The number of benzene rings is 1. The maximum atomic E-state index is 10.2. The van der Waals surface area contributed by atoms with E-state index >= 15 is 0 Å². The van der Waals surface area contributed by atoms with E-state index in [2.05, 4.69) is 9.97 Å². The van der Waals surface area contributed by atoms with Gasteiger partial charge in [-0.1, -0.05) is 23.7 Å². The number of aromatic hydroxyl groups is 1. The standard InChI is InChI=1S/C18H16ClN3O/c19-14-7-8-18(23)17(11-14)22(12-15-5-1-3-9-20-15)13-16-6-2-4-10-21-16/h1-11,23H,12-13H2. The first-order valence-electron chi connectivity index (χ1n) is 7.25. The van der Waals surface area contributed by atoms with Gasteiger partial charge in [-0.25, -0.2) is 0 Å². The Morgan fingerprint density at radius 1 is 0.870 bits per heavy atom. The third kappa shape index (κ3) is 3.99. The number of aromatic nitrogens is 2. The monoisotopic (exact) mass is 325 g/mol. The zero-order chi connectivity index (χ0) is 16.1. The van der Waals surface area contributed by atoms with Crippen LogP contribution in [0.25, 0.3) is 0 Å². The van der Waals surface area contributed by atoms with Gasteiger partial charge in [-0.05, 0) is 42.5 Å². The molecule has 1 aromatic carbocycles. The molecule has 3 rings (SSSR count). The van der Waals surface area contributed by atoms with Crippen molar-refractivity contribution in [3.8, 4) is 5.75 Å². The summed E-state index contributed by atoms with van der Waals surface area (Å²) in [5.74, 6) is 0.182. The van der Waals surface area contributed by atoms with E-state index in [0.717, 1.165) is 11.4 Å². The number of hydrogen-bond acceptors (Lipinski definition) is 4. The molecule has 0 saturated carbocycles. The van der Waals surface area contributed by atoms with Crippen molar-refractivity contribution in [2.75, 3.05) is 4.90 Å². The number of hydrogen-bond donors (Lipinski definition) is 1. The van der Waals surface area contributed by atoms with Gasteiger partial charge in [-0.3, -0.25) is 9.97 Å². The zero-order valence-electron chi connectivity index (χ0n) is 12.4. The van der Waals surface area contributed by atoms with E-state index in [1.807, 2.05) is 41.3 Å². The molecule has 0 bridgehead atoms. The topological polar surface area (TPSA) is 49.2 Å². The fourth-order valence-corrected chi connectivity index (χ4v) is 2.52. The smallest absolute Gasteiger partial charge is 0.139 e. The summed E-state index contributed by atoms with van der Waals surface area (Å²) in [6.07, 6.45) is 3.51. The van der Waals surface area contributed by atoms with Crippen LogP contribution in [0.1, 0.15) is 11.4 Å². The maximum Gasteiger partial charge on any atom is 0.139 e. The first-order valence-corrected chi connectivity index (χ1v) is 7.63. The Morgan fingerprint density at radius 2 is 1.48 bits per heavy atom. The molecule has 0 atom stereocenters. The van der Waals surface area contributed by atoms with E-state index in [1.54, 1.807) is 30.6 Å². The molecule has 0 fully saturated rings. The largest absolute Gasteiger partial charge is 0.506 e. The van der Waals surface area contributed by atoms with Crippen molar-refractivity contribution in [3.63, 3.8) is 0 Å². The third-order valence-corrected chi connectivity index (χ3v) is 3.67. The zero-order valence-corrected chi connectivity index (χ0v) is 13.2. The second-order valence-electron chi connectivity index (χ2n) is 5.13. The van der Waals surface area contributed by atoms with Gasteiger partial charge in [0.1, 0.15) is 5.75 Å². The Hall–Kier alpha value is -2.59. The van der Waals surface area contributed by atoms with Gasteiger partial charge < -0.3 is 10.0 Å². The summed E-state index contributed by atoms with van der Waals surface area (Å²) in [6, 6.07) is 16.6. The summed E-state index contributed by atoms with van der Waals surface area (Å²) in [7, 11) is 0. The Labute approximate surface area is 140 Å². The van der Waals surface area contributed by atoms with Crippen LogP contribution in [0.3, 0.4) is 0 Å². The second-order valence-corrected chi connectivity index (χ2v) is 5.57. The van der Waals surface area contributed by atoms with E-state index < -0.39 is 0 Å². The molecular weight excluding hydrogens is 310 g/mol. The molecule has 0 radical (unpaired) electrons. The summed E-state index contributed by atoms with van der Waals surface area (Å²) in [4.78, 5) is 10.7. The van der Waals surface area contributed by atoms with Crippen LogP contribution in [0.4, 0.5) is 5.69 Å². The van der Waals surface area contributed by atoms with Crippen molar-refractivity contribution < 1.29 is 5.11 Å². The lowest BCUT2D eigenvalue weighted by Crippen LogP contribution is -2.23. The molecule has 23 heavy (non-hydrogen) atoms. The first-order chi connectivity index (χ1) is 11.2. The number of halogens is 1. The maximum absolute atomic E-state index is 10.2. The van der Waals surface area contributed by atoms with Gasteiger partial charge in [0, 0.05) is 17.4 Å².